The Kier molecular flexibility index (Phi) is 5.21. The molecular weight excluding hydrogens is 416 g/mol. The van der Waals surface area contributed by atoms with E-state index in [0.717, 1.165) is 60.1 Å². The lowest BCUT2D eigenvalue weighted by Crippen LogP contribution is -2.41. The summed E-state index contributed by atoms with van der Waals surface area (Å²) >= 11 is 0. The molecule has 1 unspecified atom stereocenters. The SMILES string of the molecule is Cc1nc(C2CCNCC2)cc2c1OC(C)c1c(ncnc1N1CCS(=O)(=O)CC1)N2. The maximum atomic E-state index is 11.9. The minimum atomic E-state index is -2.98. The predicted octanol–water partition coefficient (Wildman–Crippen LogP) is 2.08. The predicted molar refractivity (Wildman–Crippen MR) is 119 cm³/mol. The molecule has 166 valence electrons. The van der Waals surface area contributed by atoms with Gasteiger partial charge in [-0.3, -0.25) is 4.98 Å². The van der Waals surface area contributed by atoms with E-state index < -0.39 is 9.84 Å². The van der Waals surface area contributed by atoms with Gasteiger partial charge in [0.2, 0.25) is 0 Å². The Morgan fingerprint density at radius 2 is 1.90 bits per heavy atom. The van der Waals surface area contributed by atoms with Gasteiger partial charge in [0.15, 0.2) is 15.6 Å². The Balaban J connectivity index is 1.51. The van der Waals surface area contributed by atoms with E-state index in [4.69, 9.17) is 9.72 Å². The number of nitrogens with zero attached hydrogens (tertiary/aromatic N) is 4. The first-order valence-electron chi connectivity index (χ1n) is 10.9. The summed E-state index contributed by atoms with van der Waals surface area (Å²) in [6.45, 7) is 6.82. The molecule has 0 aliphatic carbocycles. The van der Waals surface area contributed by atoms with Gasteiger partial charge in [0.25, 0.3) is 0 Å². The first-order valence-corrected chi connectivity index (χ1v) is 12.7. The van der Waals surface area contributed by atoms with Crippen molar-refractivity contribution in [1.82, 2.24) is 20.3 Å². The van der Waals surface area contributed by atoms with E-state index in [2.05, 4.69) is 26.7 Å². The lowest BCUT2D eigenvalue weighted by Gasteiger charge is -2.30. The molecule has 10 heteroatoms. The minimum absolute atomic E-state index is 0.136. The molecule has 2 saturated heterocycles. The molecule has 5 heterocycles. The van der Waals surface area contributed by atoms with E-state index in [1.807, 2.05) is 18.7 Å². The lowest BCUT2D eigenvalue weighted by atomic mass is 9.93. The summed E-state index contributed by atoms with van der Waals surface area (Å²) in [5, 5.41) is 6.88. The Bertz CT molecular complexity index is 1090. The van der Waals surface area contributed by atoms with Crippen LogP contribution in [-0.2, 0) is 9.84 Å². The van der Waals surface area contributed by atoms with Crippen LogP contribution in [0.15, 0.2) is 12.4 Å². The van der Waals surface area contributed by atoms with Crippen LogP contribution in [0.4, 0.5) is 17.3 Å². The van der Waals surface area contributed by atoms with Crippen LogP contribution in [0.1, 0.15) is 48.7 Å². The number of fused-ring (bicyclic) bond motifs is 2. The molecule has 0 radical (unpaired) electrons. The number of sulfone groups is 1. The molecule has 5 rings (SSSR count). The fourth-order valence-corrected chi connectivity index (χ4v) is 5.85. The topological polar surface area (TPSA) is 109 Å². The minimum Gasteiger partial charge on any atom is -0.482 e. The number of hydrogen-bond donors (Lipinski definition) is 2. The number of hydrogen-bond acceptors (Lipinski definition) is 9. The van der Waals surface area contributed by atoms with Gasteiger partial charge in [-0.25, -0.2) is 18.4 Å². The molecule has 3 aliphatic rings. The van der Waals surface area contributed by atoms with E-state index in [9.17, 15) is 8.42 Å². The first kappa shape index (κ1) is 20.4. The third-order valence-corrected chi connectivity index (χ3v) is 7.99. The number of pyridine rings is 1. The quantitative estimate of drug-likeness (QED) is 0.719. The van der Waals surface area contributed by atoms with E-state index in [-0.39, 0.29) is 17.6 Å². The second-order valence-corrected chi connectivity index (χ2v) is 10.8. The smallest absolute Gasteiger partial charge is 0.164 e. The third-order valence-electron chi connectivity index (χ3n) is 6.38. The highest BCUT2D eigenvalue weighted by Crippen LogP contribution is 2.43. The summed E-state index contributed by atoms with van der Waals surface area (Å²) in [7, 11) is -2.98. The van der Waals surface area contributed by atoms with Crippen LogP contribution >= 0.6 is 0 Å². The van der Waals surface area contributed by atoms with Gasteiger partial charge >= 0.3 is 0 Å². The maximum Gasteiger partial charge on any atom is 0.164 e. The lowest BCUT2D eigenvalue weighted by molar-refractivity contribution is 0.227. The van der Waals surface area contributed by atoms with Crippen molar-refractivity contribution < 1.29 is 13.2 Å². The van der Waals surface area contributed by atoms with Crippen molar-refractivity contribution in [2.24, 2.45) is 0 Å². The van der Waals surface area contributed by atoms with E-state index in [1.54, 1.807) is 0 Å². The fraction of sp³-hybridized carbons (Fsp3) is 0.571. The largest absolute Gasteiger partial charge is 0.482 e. The number of piperidine rings is 1. The van der Waals surface area contributed by atoms with Crippen molar-refractivity contribution in [1.29, 1.82) is 0 Å². The zero-order valence-electron chi connectivity index (χ0n) is 17.9. The molecule has 3 aliphatic heterocycles. The maximum absolute atomic E-state index is 11.9. The van der Waals surface area contributed by atoms with E-state index in [1.165, 1.54) is 6.33 Å². The molecule has 2 aromatic heterocycles. The molecule has 0 bridgehead atoms. The number of aromatic nitrogens is 3. The van der Waals surface area contributed by atoms with E-state index in [0.29, 0.717) is 24.8 Å². The highest BCUT2D eigenvalue weighted by atomic mass is 32.2. The molecule has 1 atom stereocenters. The zero-order valence-corrected chi connectivity index (χ0v) is 18.7. The molecule has 2 N–H and O–H groups in total. The molecule has 0 amide bonds. The monoisotopic (exact) mass is 444 g/mol. The zero-order chi connectivity index (χ0) is 21.6. The van der Waals surface area contributed by atoms with Crippen LogP contribution in [-0.4, -0.2) is 61.1 Å². The molecule has 0 spiro atoms. The molecule has 0 saturated carbocycles. The summed E-state index contributed by atoms with van der Waals surface area (Å²) in [6.07, 6.45) is 3.37. The van der Waals surface area contributed by atoms with Crippen LogP contribution < -0.4 is 20.3 Å². The van der Waals surface area contributed by atoms with Crippen LogP contribution in [0.25, 0.3) is 0 Å². The van der Waals surface area contributed by atoms with Crippen LogP contribution in [0, 0.1) is 6.92 Å². The van der Waals surface area contributed by atoms with Gasteiger partial charge < -0.3 is 20.3 Å². The highest BCUT2D eigenvalue weighted by Gasteiger charge is 2.31. The molecule has 2 aromatic rings. The third kappa shape index (κ3) is 3.94. The fourth-order valence-electron chi connectivity index (χ4n) is 4.65. The first-order chi connectivity index (χ1) is 14.9. The van der Waals surface area contributed by atoms with Gasteiger partial charge in [0.05, 0.1) is 28.5 Å². The van der Waals surface area contributed by atoms with Crippen molar-refractivity contribution >= 4 is 27.2 Å². The molecule has 9 nitrogen and oxygen atoms in total. The molecule has 0 aromatic carbocycles. The number of nitrogens with one attached hydrogen (secondary N) is 2. The van der Waals surface area contributed by atoms with Crippen molar-refractivity contribution in [3.05, 3.63) is 29.3 Å². The molecule has 31 heavy (non-hydrogen) atoms. The van der Waals surface area contributed by atoms with Crippen LogP contribution in [0.2, 0.25) is 0 Å². The van der Waals surface area contributed by atoms with Crippen LogP contribution in [0.3, 0.4) is 0 Å². The summed E-state index contributed by atoms with van der Waals surface area (Å²) in [5.41, 5.74) is 3.66. The van der Waals surface area contributed by atoms with Crippen molar-refractivity contribution in [2.75, 3.05) is 47.9 Å². The van der Waals surface area contributed by atoms with Gasteiger partial charge in [0.1, 0.15) is 24.1 Å². The number of aryl methyl sites for hydroxylation is 1. The van der Waals surface area contributed by atoms with Gasteiger partial charge in [-0.05, 0) is 45.8 Å². The van der Waals surface area contributed by atoms with E-state index >= 15 is 0 Å². The average Bonchev–Trinajstić information content (AvgIpc) is 2.90. The van der Waals surface area contributed by atoms with Gasteiger partial charge in [0, 0.05) is 24.7 Å². The second-order valence-electron chi connectivity index (χ2n) is 8.52. The van der Waals surface area contributed by atoms with Crippen molar-refractivity contribution in [3.63, 3.8) is 0 Å². The average molecular weight is 445 g/mol. The molecular formula is C21H28N6O3S. The van der Waals surface area contributed by atoms with Crippen molar-refractivity contribution in [2.45, 2.75) is 38.7 Å². The van der Waals surface area contributed by atoms with Gasteiger partial charge in [-0.2, -0.15) is 0 Å². The van der Waals surface area contributed by atoms with Crippen molar-refractivity contribution in [3.8, 4) is 5.75 Å². The van der Waals surface area contributed by atoms with Gasteiger partial charge in [-0.15, -0.1) is 0 Å². The summed E-state index contributed by atoms with van der Waals surface area (Å²) in [5.74, 6) is 2.87. The Morgan fingerprint density at radius 3 is 2.65 bits per heavy atom. The standard InChI is InChI=1S/C21H28N6O3S/c1-13-19-17(11-16(25-13)15-3-5-22-6-4-15)26-20-18(14(2)30-19)21(24-12-23-20)27-7-9-31(28,29)10-8-27/h11-12,14-15,22H,3-10H2,1-2H3,(H,23,24,26). The Labute approximate surface area is 182 Å². The normalized spacial score (nSPS) is 23.2. The Morgan fingerprint density at radius 1 is 1.16 bits per heavy atom. The number of anilines is 3. The second kappa shape index (κ2) is 7.90. The number of rotatable bonds is 2. The summed E-state index contributed by atoms with van der Waals surface area (Å²) in [4.78, 5) is 15.9. The Hall–Kier alpha value is -2.46. The van der Waals surface area contributed by atoms with Gasteiger partial charge in [-0.1, -0.05) is 0 Å². The summed E-state index contributed by atoms with van der Waals surface area (Å²) < 4.78 is 30.1. The molecule has 2 fully saturated rings. The highest BCUT2D eigenvalue weighted by molar-refractivity contribution is 7.91. The summed E-state index contributed by atoms with van der Waals surface area (Å²) in [6, 6.07) is 2.09. The number of ether oxygens (including phenoxy) is 1. The van der Waals surface area contributed by atoms with Crippen LogP contribution in [0.5, 0.6) is 5.75 Å².